The molecule has 0 saturated carbocycles. The predicted molar refractivity (Wildman–Crippen MR) is 108 cm³/mol. The van der Waals surface area contributed by atoms with Crippen LogP contribution in [0, 0.1) is 0 Å². The first kappa shape index (κ1) is 18.5. The Kier molecular flexibility index (Phi) is 5.53. The van der Waals surface area contributed by atoms with Crippen LogP contribution in [0.2, 0.25) is 0 Å². The maximum absolute atomic E-state index is 11.8. The van der Waals surface area contributed by atoms with E-state index in [0.29, 0.717) is 18.5 Å². The average Bonchev–Trinajstić information content (AvgIpc) is 3.35. The van der Waals surface area contributed by atoms with Crippen molar-refractivity contribution in [3.63, 3.8) is 0 Å². The summed E-state index contributed by atoms with van der Waals surface area (Å²) in [7, 11) is 0. The zero-order valence-electron chi connectivity index (χ0n) is 16.6. The lowest BCUT2D eigenvalue weighted by Gasteiger charge is -2.25. The number of carbonyl (C=O) groups is 1. The number of likely N-dealkylation sites (tertiary alicyclic amines) is 2. The van der Waals surface area contributed by atoms with E-state index >= 15 is 0 Å². The molecule has 0 bridgehead atoms. The van der Waals surface area contributed by atoms with Gasteiger partial charge in [-0.1, -0.05) is 18.7 Å². The largest absolute Gasteiger partial charge is 0.493 e. The van der Waals surface area contributed by atoms with Gasteiger partial charge in [-0.05, 0) is 62.1 Å². The van der Waals surface area contributed by atoms with Gasteiger partial charge in [-0.3, -0.25) is 9.69 Å². The van der Waals surface area contributed by atoms with Crippen LogP contribution in [0.1, 0.15) is 56.1 Å². The van der Waals surface area contributed by atoms with Crippen LogP contribution < -0.4 is 4.74 Å². The molecule has 4 heteroatoms. The maximum Gasteiger partial charge on any atom is 0.143 e. The molecule has 146 valence electrons. The molecule has 0 N–H and O–H groups in total. The van der Waals surface area contributed by atoms with E-state index in [4.69, 9.17) is 4.74 Å². The Balaban J connectivity index is 1.38. The lowest BCUT2D eigenvalue weighted by molar-refractivity contribution is -0.118. The van der Waals surface area contributed by atoms with Gasteiger partial charge in [0, 0.05) is 37.8 Å². The summed E-state index contributed by atoms with van der Waals surface area (Å²) in [6.07, 6.45) is 6.95. The fourth-order valence-corrected chi connectivity index (χ4v) is 5.04. The van der Waals surface area contributed by atoms with Crippen LogP contribution in [0.3, 0.4) is 0 Å². The van der Waals surface area contributed by atoms with Crippen molar-refractivity contribution in [3.05, 3.63) is 41.6 Å². The molecule has 27 heavy (non-hydrogen) atoms. The summed E-state index contributed by atoms with van der Waals surface area (Å²) in [6, 6.07) is 7.23. The third-order valence-electron chi connectivity index (χ3n) is 6.44. The summed E-state index contributed by atoms with van der Waals surface area (Å²) in [5.74, 6) is 1.86. The Bertz CT molecular complexity index is 714. The number of hydrogen-bond acceptors (Lipinski definition) is 4. The number of benzene rings is 1. The van der Waals surface area contributed by atoms with Crippen molar-refractivity contribution in [2.45, 2.75) is 57.4 Å². The molecule has 0 amide bonds. The number of rotatable bonds is 7. The molecular weight excluding hydrogens is 336 g/mol. The topological polar surface area (TPSA) is 32.8 Å². The van der Waals surface area contributed by atoms with Crippen LogP contribution in [-0.2, 0) is 11.2 Å². The monoisotopic (exact) mass is 368 g/mol. The number of allylic oxidation sites excluding steroid dienone is 1. The number of hydrogen-bond donors (Lipinski definition) is 0. The minimum absolute atomic E-state index is 0.274. The molecule has 2 unspecified atom stereocenters. The van der Waals surface area contributed by atoms with E-state index in [1.807, 2.05) is 0 Å². The van der Waals surface area contributed by atoms with Gasteiger partial charge < -0.3 is 9.64 Å². The van der Waals surface area contributed by atoms with Crippen molar-refractivity contribution in [1.29, 1.82) is 0 Å². The first-order valence-electron chi connectivity index (χ1n) is 10.5. The molecule has 2 atom stereocenters. The number of Topliss-reactive ketones (excluding diaryl/α,β-unsaturated/α-hetero) is 1. The normalized spacial score (nSPS) is 25.1. The highest BCUT2D eigenvalue weighted by Crippen LogP contribution is 2.36. The third-order valence-corrected chi connectivity index (χ3v) is 6.44. The zero-order valence-corrected chi connectivity index (χ0v) is 16.6. The first-order valence-corrected chi connectivity index (χ1v) is 10.5. The molecule has 3 aliphatic rings. The summed E-state index contributed by atoms with van der Waals surface area (Å²) >= 11 is 0. The second kappa shape index (κ2) is 8.05. The Morgan fingerprint density at radius 3 is 3.00 bits per heavy atom. The van der Waals surface area contributed by atoms with E-state index < -0.39 is 0 Å². The lowest BCUT2D eigenvalue weighted by atomic mass is 9.93. The molecule has 0 radical (unpaired) electrons. The smallest absolute Gasteiger partial charge is 0.143 e. The summed E-state index contributed by atoms with van der Waals surface area (Å²) < 4.78 is 5.65. The van der Waals surface area contributed by atoms with Crippen molar-refractivity contribution in [2.24, 2.45) is 0 Å². The number of ketones is 1. The molecule has 4 rings (SSSR count). The molecule has 3 aliphatic heterocycles. The molecule has 2 fully saturated rings. The molecule has 3 heterocycles. The van der Waals surface area contributed by atoms with Gasteiger partial charge in [0.2, 0.25) is 0 Å². The molecule has 1 aromatic carbocycles. The minimum Gasteiger partial charge on any atom is -0.493 e. The third kappa shape index (κ3) is 4.21. The summed E-state index contributed by atoms with van der Waals surface area (Å²) in [4.78, 5) is 16.7. The Morgan fingerprint density at radius 1 is 1.33 bits per heavy atom. The van der Waals surface area contributed by atoms with E-state index in [0.717, 1.165) is 44.7 Å². The van der Waals surface area contributed by atoms with Gasteiger partial charge >= 0.3 is 0 Å². The maximum atomic E-state index is 11.8. The molecule has 0 aliphatic carbocycles. The van der Waals surface area contributed by atoms with Crippen molar-refractivity contribution in [2.75, 3.05) is 32.8 Å². The van der Waals surface area contributed by atoms with E-state index in [1.165, 1.54) is 42.6 Å². The molecule has 0 aromatic heterocycles. The van der Waals surface area contributed by atoms with Crippen molar-refractivity contribution in [3.8, 4) is 5.75 Å². The predicted octanol–water partition coefficient (Wildman–Crippen LogP) is 3.76. The molecule has 2 saturated heterocycles. The van der Waals surface area contributed by atoms with E-state index in [2.05, 4.69) is 34.6 Å². The zero-order chi connectivity index (χ0) is 18.8. The number of fused-ring (bicyclic) bond motifs is 1. The lowest BCUT2D eigenvalue weighted by Crippen LogP contribution is -2.34. The van der Waals surface area contributed by atoms with E-state index in [-0.39, 0.29) is 5.78 Å². The summed E-state index contributed by atoms with van der Waals surface area (Å²) in [6.45, 7) is 10.6. The molecule has 4 nitrogen and oxygen atoms in total. The quantitative estimate of drug-likeness (QED) is 0.734. The van der Waals surface area contributed by atoms with Crippen LogP contribution in [-0.4, -0.2) is 54.4 Å². The number of carbonyl (C=O) groups excluding carboxylic acids is 1. The first-order chi connectivity index (χ1) is 13.1. The highest BCUT2D eigenvalue weighted by Gasteiger charge is 2.33. The van der Waals surface area contributed by atoms with Crippen molar-refractivity contribution < 1.29 is 9.53 Å². The van der Waals surface area contributed by atoms with E-state index in [1.54, 1.807) is 6.92 Å². The van der Waals surface area contributed by atoms with Crippen LogP contribution in [0.25, 0.3) is 0 Å². The number of nitrogens with zero attached hydrogens (tertiary/aromatic N) is 2. The van der Waals surface area contributed by atoms with Gasteiger partial charge in [0.1, 0.15) is 11.5 Å². The van der Waals surface area contributed by atoms with Gasteiger partial charge in [0.05, 0.1) is 13.2 Å². The van der Waals surface area contributed by atoms with Crippen LogP contribution >= 0.6 is 0 Å². The minimum atomic E-state index is 0.274. The average molecular weight is 369 g/mol. The standard InChI is InChI=1S/C23H32N2O2/c1-17-5-3-10-24(17)11-4-6-22-14-21(16-25(22)15-18(2)26)19-7-8-23-20(13-19)9-12-27-23/h7-8,13,21-22H,1,3-6,9-12,14-16H2,2H3. The molecule has 1 aromatic rings. The molecular formula is C23H32N2O2. The number of ether oxygens (including phenoxy) is 1. The van der Waals surface area contributed by atoms with Crippen LogP contribution in [0.4, 0.5) is 0 Å². The highest BCUT2D eigenvalue weighted by molar-refractivity contribution is 5.77. The van der Waals surface area contributed by atoms with E-state index in [9.17, 15) is 4.79 Å². The van der Waals surface area contributed by atoms with Crippen LogP contribution in [0.15, 0.2) is 30.5 Å². The fourth-order valence-electron chi connectivity index (χ4n) is 5.04. The Morgan fingerprint density at radius 2 is 2.22 bits per heavy atom. The Hall–Kier alpha value is -1.81. The van der Waals surface area contributed by atoms with Gasteiger partial charge in [0.25, 0.3) is 0 Å². The van der Waals surface area contributed by atoms with Crippen molar-refractivity contribution in [1.82, 2.24) is 9.80 Å². The van der Waals surface area contributed by atoms with Gasteiger partial charge in [-0.2, -0.15) is 0 Å². The fraction of sp³-hybridized carbons (Fsp3) is 0.609. The SMILES string of the molecule is C=C1CCCN1CCCC1CC(c2ccc3c(c2)CCO3)CN1CC(C)=O. The van der Waals surface area contributed by atoms with Gasteiger partial charge in [-0.15, -0.1) is 0 Å². The summed E-state index contributed by atoms with van der Waals surface area (Å²) in [5, 5.41) is 0. The second-order valence-electron chi connectivity index (χ2n) is 8.48. The van der Waals surface area contributed by atoms with Gasteiger partial charge in [-0.25, -0.2) is 0 Å². The van der Waals surface area contributed by atoms with Crippen molar-refractivity contribution >= 4 is 5.78 Å². The Labute approximate surface area is 163 Å². The summed E-state index contributed by atoms with van der Waals surface area (Å²) in [5.41, 5.74) is 4.07. The highest BCUT2D eigenvalue weighted by atomic mass is 16.5. The van der Waals surface area contributed by atoms with Gasteiger partial charge in [0.15, 0.2) is 0 Å². The van der Waals surface area contributed by atoms with Crippen LogP contribution in [0.5, 0.6) is 5.75 Å². The molecule has 0 spiro atoms. The second-order valence-corrected chi connectivity index (χ2v) is 8.48.